The molecule has 0 radical (unpaired) electrons. The van der Waals surface area contributed by atoms with Crippen LogP contribution in [-0.4, -0.2) is 466 Å². The lowest BCUT2D eigenvalue weighted by Crippen LogP contribution is -2.57. The summed E-state index contributed by atoms with van der Waals surface area (Å²) in [5.41, 5.74) is 0. The molecule has 30 atom stereocenters. The topological polar surface area (TPSA) is 738 Å². The van der Waals surface area contributed by atoms with Crippen molar-refractivity contribution in [3.05, 3.63) is 0 Å². The third-order valence-electron chi connectivity index (χ3n) is 23.4. The van der Waals surface area contributed by atoms with Gasteiger partial charge in [-0.05, 0) is 126 Å². The molecular formula is C90H159N7O42. The predicted octanol–water partition coefficient (Wildman–Crippen LogP) is -6.90. The number of nitrogens with one attached hydrogen (secondary N) is 4. The molecule has 49 nitrogen and oxygen atoms in total. The highest BCUT2D eigenvalue weighted by atomic mass is 16.7. The van der Waals surface area contributed by atoms with Crippen LogP contribution in [-0.2, 0) is 114 Å². The van der Waals surface area contributed by atoms with E-state index in [4.69, 9.17) is 56.8 Å². The number of ether oxygens (including phenoxy) is 12. The highest BCUT2D eigenvalue weighted by molar-refractivity contribution is 5.92. The molecule has 0 saturated carbocycles. The highest BCUT2D eigenvalue weighted by Gasteiger charge is 2.48. The fraction of sp³-hybridized carbons (Fsp3) is 0.867. The molecule has 0 bridgehead atoms. The number of Topliss-reactive ketones (excluding diaryl/α,β-unsaturated/α-hetero) is 5. The standard InChI is InChI=1S/C31H53NO14.C30H52N2O14.C28H50N4O14.CH4/c1-4-9-20(33)10-5-6-13-23(36)32(16-21(34)11-7-14-43-30-28(41)26(39)24(37)18(2)45-30)17-22(35)12-8-15-44-31-29(42)27(40)25(38)19(3)46-31;1-4-31-21(35)11-5-6-12-22(36)32(15-19(33)9-7-13-43-29-27(41)25(39)23(37)17(2)45-29)16-20(34)10-8-14-44-30-28(42)26(40)24(38)18(3)46-30;1-4-29-17(33)7-5-6-8-20(36)32(13-18(34)30-9-11-43-27-25(41)23(39)21(37)15(2)45-27)14-19(35)31-10-12-44-28-26(42)24(40)22(38)16(3)46-28;/h18-19,24-31,37-42H,4-17H2,1-3H3;17-18,23-30,37-42H,4-16H2,1-3H3,(H,31,35);15-16,21-28,37-42H,4-14H2,1-3H3,(H,29,33)(H,30,34)(H,31,35);1H4/t18-,19-,24+,25+,26+,27+,28-,29-,30+,31+;17-,18-,23+,24+,25+,26+,27-,28-,29+,30+;15-,16-,21+,22+,23+,24+,25-,26-,27+,28+;/m000./s1. The zero-order valence-electron chi connectivity index (χ0n) is 80.4. The van der Waals surface area contributed by atoms with Gasteiger partial charge in [0.15, 0.2) is 60.9 Å². The van der Waals surface area contributed by atoms with Gasteiger partial charge in [-0.1, -0.05) is 14.4 Å². The maximum Gasteiger partial charge on any atom is 0.239 e. The van der Waals surface area contributed by atoms with Crippen LogP contribution in [0.3, 0.4) is 0 Å². The number of amides is 7. The highest BCUT2D eigenvalue weighted by Crippen LogP contribution is 2.29. The summed E-state index contributed by atoms with van der Waals surface area (Å²) >= 11 is 0. The van der Waals surface area contributed by atoms with Crippen molar-refractivity contribution in [3.63, 3.8) is 0 Å². The number of aliphatic hydroxyl groups excluding tert-OH is 18. The second-order valence-electron chi connectivity index (χ2n) is 35.1. The number of ketones is 5. The molecule has 6 heterocycles. The first-order chi connectivity index (χ1) is 65.3. The van der Waals surface area contributed by atoms with Gasteiger partial charge in [0.1, 0.15) is 129 Å². The molecule has 6 aliphatic rings. The van der Waals surface area contributed by atoms with Gasteiger partial charge in [0.05, 0.1) is 102 Å². The van der Waals surface area contributed by atoms with Gasteiger partial charge in [0.25, 0.3) is 0 Å². The van der Waals surface area contributed by atoms with Crippen LogP contribution >= 0.6 is 0 Å². The molecule has 6 rings (SSSR count). The maximum absolute atomic E-state index is 13.0. The van der Waals surface area contributed by atoms with Crippen LogP contribution in [0.2, 0.25) is 0 Å². The van der Waals surface area contributed by atoms with E-state index in [1.807, 2.05) is 6.92 Å². The molecule has 6 saturated heterocycles. The molecule has 0 unspecified atom stereocenters. The van der Waals surface area contributed by atoms with Crippen LogP contribution in [0.4, 0.5) is 0 Å². The Morgan fingerprint density at radius 1 is 0.230 bits per heavy atom. The molecular weight excluding hydrogens is 1850 g/mol. The van der Waals surface area contributed by atoms with Crippen LogP contribution in [0.15, 0.2) is 0 Å². The Bertz CT molecular complexity index is 3100. The van der Waals surface area contributed by atoms with Crippen molar-refractivity contribution in [3.8, 4) is 0 Å². The maximum atomic E-state index is 13.0. The first kappa shape index (κ1) is 127. The Balaban J connectivity index is 0.000000534. The lowest BCUT2D eigenvalue weighted by molar-refractivity contribution is -0.293. The summed E-state index contributed by atoms with van der Waals surface area (Å²) in [5.74, 6) is -3.96. The molecule has 7 amide bonds. The first-order valence-electron chi connectivity index (χ1n) is 47.6. The molecule has 806 valence electrons. The summed E-state index contributed by atoms with van der Waals surface area (Å²) in [6.45, 7) is 13.0. The number of carbonyl (C=O) groups excluding carboxylic acids is 12. The second-order valence-corrected chi connectivity index (χ2v) is 35.1. The Hall–Kier alpha value is -6.56. The SMILES string of the molecule is C.CCCC(=O)CCCCC(=O)N(CC(=O)CCCO[C@@H]1O[C@@H](C)[C@@H](O)[C@@H](O)[C@@H]1O)CC(=O)CCCO[C@@H]1O[C@@H](C)[C@@H](O)[C@@H](O)[C@@H]1O.CCNC(=O)CCCCC(=O)N(CC(=O)CCCO[C@@H]1O[C@@H](C)[C@@H](O)[C@@H](O)[C@@H]1O)CC(=O)CCCO[C@@H]1O[C@@H](C)[C@@H](O)[C@@H](O)[C@@H]1O.CCNC(=O)CCCCC(=O)N(CC(=O)NCCO[C@@H]1O[C@@H](C)[C@@H](O)[C@@H](O)[C@@H]1O)CC(=O)NCCO[C@@H]1O[C@@H](C)[C@@H](O)[C@@H](O)[C@@H]1O. The summed E-state index contributed by atoms with van der Waals surface area (Å²) < 4.78 is 64.7. The van der Waals surface area contributed by atoms with Crippen LogP contribution in [0.25, 0.3) is 0 Å². The van der Waals surface area contributed by atoms with Crippen LogP contribution in [0, 0.1) is 0 Å². The van der Waals surface area contributed by atoms with Gasteiger partial charge in [0, 0.05) is 96.8 Å². The smallest absolute Gasteiger partial charge is 0.239 e. The van der Waals surface area contributed by atoms with Crippen molar-refractivity contribution >= 4 is 70.3 Å². The monoisotopic (exact) mass is 2010 g/mol. The average Bonchev–Trinajstić information content (AvgIpc) is 0.838. The van der Waals surface area contributed by atoms with E-state index in [0.29, 0.717) is 64.5 Å². The summed E-state index contributed by atoms with van der Waals surface area (Å²) in [6, 6.07) is 0. The van der Waals surface area contributed by atoms with E-state index in [9.17, 15) is 149 Å². The molecule has 0 aliphatic carbocycles. The Kier molecular flexibility index (Phi) is 61.2. The number of hydrogen-bond donors (Lipinski definition) is 22. The molecule has 139 heavy (non-hydrogen) atoms. The largest absolute Gasteiger partial charge is 0.388 e. The zero-order chi connectivity index (χ0) is 103. The van der Waals surface area contributed by atoms with Crippen LogP contribution < -0.4 is 21.3 Å². The van der Waals surface area contributed by atoms with Crippen molar-refractivity contribution in [2.75, 3.05) is 105 Å². The zero-order valence-corrected chi connectivity index (χ0v) is 80.4. The van der Waals surface area contributed by atoms with Crippen molar-refractivity contribution in [1.82, 2.24) is 36.0 Å². The summed E-state index contributed by atoms with van der Waals surface area (Å²) in [7, 11) is 0. The minimum Gasteiger partial charge on any atom is -0.388 e. The normalized spacial score (nSPS) is 31.1. The fourth-order valence-corrected chi connectivity index (χ4v) is 15.0. The van der Waals surface area contributed by atoms with Gasteiger partial charge in [-0.2, -0.15) is 0 Å². The van der Waals surface area contributed by atoms with E-state index in [0.717, 1.165) is 11.3 Å². The van der Waals surface area contributed by atoms with E-state index in [2.05, 4.69) is 21.3 Å². The van der Waals surface area contributed by atoms with Gasteiger partial charge >= 0.3 is 0 Å². The quantitative estimate of drug-likeness (QED) is 0.0252. The van der Waals surface area contributed by atoms with E-state index < -0.39 is 227 Å². The lowest BCUT2D eigenvalue weighted by atomic mass is 10.00. The van der Waals surface area contributed by atoms with Crippen molar-refractivity contribution in [2.45, 2.75) is 395 Å². The summed E-state index contributed by atoms with van der Waals surface area (Å²) in [4.78, 5) is 154. The second kappa shape index (κ2) is 67.2. The number of nitrogens with zero attached hydrogens (tertiary/aromatic N) is 3. The lowest BCUT2D eigenvalue weighted by Gasteiger charge is -2.38. The molecule has 6 fully saturated rings. The number of carbonyl (C=O) groups is 12. The van der Waals surface area contributed by atoms with E-state index in [1.54, 1.807) is 13.8 Å². The van der Waals surface area contributed by atoms with Crippen molar-refractivity contribution in [2.24, 2.45) is 0 Å². The Morgan fingerprint density at radius 3 is 0.655 bits per heavy atom. The molecule has 6 aliphatic heterocycles. The van der Waals surface area contributed by atoms with E-state index in [1.165, 1.54) is 51.3 Å². The Morgan fingerprint density at radius 2 is 0.432 bits per heavy atom. The van der Waals surface area contributed by atoms with Gasteiger partial charge in [-0.3, -0.25) is 57.5 Å². The molecule has 0 spiro atoms. The van der Waals surface area contributed by atoms with Gasteiger partial charge in [-0.25, -0.2) is 0 Å². The molecule has 49 heteroatoms. The third kappa shape index (κ3) is 44.9. The van der Waals surface area contributed by atoms with Crippen molar-refractivity contribution < 1.29 is 206 Å². The predicted molar refractivity (Wildman–Crippen MR) is 482 cm³/mol. The van der Waals surface area contributed by atoms with E-state index >= 15 is 0 Å². The summed E-state index contributed by atoms with van der Waals surface area (Å²) in [5, 5.41) is 189. The summed E-state index contributed by atoms with van der Waals surface area (Å²) in [6.07, 6.45) is -31.5. The Labute approximate surface area is 809 Å². The molecule has 0 aromatic carbocycles. The number of rotatable bonds is 59. The van der Waals surface area contributed by atoms with Gasteiger partial charge in [0.2, 0.25) is 41.4 Å². The molecule has 0 aromatic heterocycles. The van der Waals surface area contributed by atoms with Crippen LogP contribution in [0.1, 0.15) is 211 Å². The molecule has 0 aromatic rings. The third-order valence-corrected chi connectivity index (χ3v) is 23.4. The van der Waals surface area contributed by atoms with Crippen molar-refractivity contribution in [1.29, 1.82) is 0 Å². The first-order valence-corrected chi connectivity index (χ1v) is 47.6. The fourth-order valence-electron chi connectivity index (χ4n) is 15.0. The molecule has 22 N–H and O–H groups in total. The number of aliphatic hydroxyl groups is 18. The van der Waals surface area contributed by atoms with Gasteiger partial charge < -0.3 is 185 Å². The van der Waals surface area contributed by atoms with E-state index in [-0.39, 0.29) is 211 Å². The van der Waals surface area contributed by atoms with Crippen LogP contribution in [0.5, 0.6) is 0 Å². The minimum absolute atomic E-state index is 0. The van der Waals surface area contributed by atoms with Gasteiger partial charge in [-0.15, -0.1) is 0 Å². The average molecular weight is 2010 g/mol. The number of hydrogen-bond acceptors (Lipinski definition) is 42. The minimum atomic E-state index is -1.50. The number of unbranched alkanes of at least 4 members (excludes halogenated alkanes) is 3.